The van der Waals surface area contributed by atoms with Gasteiger partial charge in [-0.25, -0.2) is 0 Å². The van der Waals surface area contributed by atoms with Gasteiger partial charge in [0.15, 0.2) is 0 Å². The Morgan fingerprint density at radius 2 is 2.00 bits per heavy atom. The second-order valence-electron chi connectivity index (χ2n) is 5.21. The van der Waals surface area contributed by atoms with Crippen LogP contribution in [0.4, 0.5) is 0 Å². The molecule has 1 aliphatic heterocycles. The van der Waals surface area contributed by atoms with Gasteiger partial charge < -0.3 is 5.73 Å². The number of hydrogen-bond acceptors (Lipinski definition) is 2. The van der Waals surface area contributed by atoms with Gasteiger partial charge in [-0.2, -0.15) is 0 Å². The van der Waals surface area contributed by atoms with Gasteiger partial charge in [0.25, 0.3) is 0 Å². The second-order valence-corrected chi connectivity index (χ2v) is 5.21. The molecule has 0 aromatic carbocycles. The summed E-state index contributed by atoms with van der Waals surface area (Å²) in [4.78, 5) is 2.71. The van der Waals surface area contributed by atoms with E-state index in [1.807, 2.05) is 0 Å². The van der Waals surface area contributed by atoms with E-state index in [2.05, 4.69) is 11.8 Å². The summed E-state index contributed by atoms with van der Waals surface area (Å²) < 4.78 is 0. The van der Waals surface area contributed by atoms with Gasteiger partial charge in [0, 0.05) is 12.6 Å². The third-order valence-electron chi connectivity index (χ3n) is 4.19. The summed E-state index contributed by atoms with van der Waals surface area (Å²) in [6.45, 7) is 5.89. The van der Waals surface area contributed by atoms with E-state index in [0.29, 0.717) is 0 Å². The molecule has 0 radical (unpaired) electrons. The normalized spacial score (nSPS) is 40.3. The number of rotatable bonds is 2. The van der Waals surface area contributed by atoms with Crippen molar-refractivity contribution < 1.29 is 0 Å². The van der Waals surface area contributed by atoms with Gasteiger partial charge in [-0.1, -0.05) is 19.8 Å². The standard InChI is InChI=1S/C12H24N2/c1-10-4-2-3-5-12(10)14-7-6-11(8-13)9-14/h10-12H,2-9,13H2,1H3. The number of hydrogen-bond donors (Lipinski definition) is 1. The van der Waals surface area contributed by atoms with Gasteiger partial charge in [0.2, 0.25) is 0 Å². The van der Waals surface area contributed by atoms with Gasteiger partial charge in [0.05, 0.1) is 0 Å². The Morgan fingerprint density at radius 1 is 1.21 bits per heavy atom. The topological polar surface area (TPSA) is 29.3 Å². The van der Waals surface area contributed by atoms with Crippen molar-refractivity contribution in [2.75, 3.05) is 19.6 Å². The lowest BCUT2D eigenvalue weighted by atomic mass is 9.85. The third-order valence-corrected chi connectivity index (χ3v) is 4.19. The predicted octanol–water partition coefficient (Wildman–Crippen LogP) is 1.85. The molecule has 82 valence electrons. The Balaban J connectivity index is 1.88. The molecule has 0 spiro atoms. The molecule has 2 N–H and O–H groups in total. The van der Waals surface area contributed by atoms with E-state index in [-0.39, 0.29) is 0 Å². The lowest BCUT2D eigenvalue weighted by Crippen LogP contribution is -2.40. The Hall–Kier alpha value is -0.0800. The molecule has 1 heterocycles. The second kappa shape index (κ2) is 4.63. The first-order chi connectivity index (χ1) is 6.81. The zero-order chi connectivity index (χ0) is 9.97. The molecule has 0 aromatic heterocycles. The molecule has 2 aliphatic rings. The van der Waals surface area contributed by atoms with Crippen molar-refractivity contribution in [2.24, 2.45) is 17.6 Å². The van der Waals surface area contributed by atoms with Crippen molar-refractivity contribution in [1.82, 2.24) is 4.90 Å². The highest BCUT2D eigenvalue weighted by Crippen LogP contribution is 2.31. The molecule has 3 unspecified atom stereocenters. The van der Waals surface area contributed by atoms with Gasteiger partial charge in [-0.05, 0) is 44.2 Å². The molecule has 1 aliphatic carbocycles. The number of likely N-dealkylation sites (tertiary alicyclic amines) is 1. The van der Waals surface area contributed by atoms with Crippen molar-refractivity contribution in [2.45, 2.75) is 45.1 Å². The molecule has 2 heteroatoms. The summed E-state index contributed by atoms with van der Waals surface area (Å²) in [7, 11) is 0. The van der Waals surface area contributed by atoms with Crippen LogP contribution >= 0.6 is 0 Å². The molecular weight excluding hydrogens is 172 g/mol. The molecule has 1 saturated carbocycles. The number of nitrogens with zero attached hydrogens (tertiary/aromatic N) is 1. The molecule has 0 bridgehead atoms. The van der Waals surface area contributed by atoms with Crippen LogP contribution in [-0.4, -0.2) is 30.6 Å². The van der Waals surface area contributed by atoms with Crippen molar-refractivity contribution in [3.8, 4) is 0 Å². The molecule has 0 amide bonds. The summed E-state index contributed by atoms with van der Waals surface area (Å²) in [5, 5.41) is 0. The highest BCUT2D eigenvalue weighted by Gasteiger charge is 2.31. The maximum Gasteiger partial charge on any atom is 0.0121 e. The van der Waals surface area contributed by atoms with Crippen LogP contribution in [0.25, 0.3) is 0 Å². The maximum atomic E-state index is 5.73. The Morgan fingerprint density at radius 3 is 2.64 bits per heavy atom. The van der Waals surface area contributed by atoms with Crippen LogP contribution < -0.4 is 5.73 Å². The first-order valence-corrected chi connectivity index (χ1v) is 6.25. The molecule has 2 nitrogen and oxygen atoms in total. The van der Waals surface area contributed by atoms with E-state index < -0.39 is 0 Å². The summed E-state index contributed by atoms with van der Waals surface area (Å²) in [5.74, 6) is 1.70. The highest BCUT2D eigenvalue weighted by atomic mass is 15.2. The molecule has 1 saturated heterocycles. The zero-order valence-corrected chi connectivity index (χ0v) is 9.41. The van der Waals surface area contributed by atoms with Crippen molar-refractivity contribution in [1.29, 1.82) is 0 Å². The highest BCUT2D eigenvalue weighted by molar-refractivity contribution is 4.86. The van der Waals surface area contributed by atoms with Gasteiger partial charge in [0.1, 0.15) is 0 Å². The molecule has 2 rings (SSSR count). The minimum Gasteiger partial charge on any atom is -0.330 e. The summed E-state index contributed by atoms with van der Waals surface area (Å²) >= 11 is 0. The SMILES string of the molecule is CC1CCCCC1N1CCC(CN)C1. The molecule has 0 aromatic rings. The number of nitrogens with two attached hydrogens (primary N) is 1. The van der Waals surface area contributed by atoms with E-state index >= 15 is 0 Å². The third kappa shape index (κ3) is 2.12. The average Bonchev–Trinajstić information content (AvgIpc) is 2.67. The summed E-state index contributed by atoms with van der Waals surface area (Å²) in [5.41, 5.74) is 5.73. The first-order valence-electron chi connectivity index (χ1n) is 6.25. The van der Waals surface area contributed by atoms with Crippen molar-refractivity contribution in [3.63, 3.8) is 0 Å². The van der Waals surface area contributed by atoms with E-state index in [0.717, 1.165) is 24.4 Å². The Labute approximate surface area is 87.8 Å². The minimum absolute atomic E-state index is 0.782. The van der Waals surface area contributed by atoms with Crippen LogP contribution in [-0.2, 0) is 0 Å². The monoisotopic (exact) mass is 196 g/mol. The van der Waals surface area contributed by atoms with Crippen LogP contribution in [0.2, 0.25) is 0 Å². The maximum absolute atomic E-state index is 5.73. The molecule has 14 heavy (non-hydrogen) atoms. The smallest absolute Gasteiger partial charge is 0.0121 e. The van der Waals surface area contributed by atoms with E-state index in [4.69, 9.17) is 5.73 Å². The van der Waals surface area contributed by atoms with Crippen molar-refractivity contribution >= 4 is 0 Å². The summed E-state index contributed by atoms with van der Waals surface area (Å²) in [6, 6.07) is 0.875. The molecular formula is C12H24N2. The van der Waals surface area contributed by atoms with Gasteiger partial charge in [-0.15, -0.1) is 0 Å². The fourth-order valence-corrected chi connectivity index (χ4v) is 3.20. The molecule has 2 fully saturated rings. The predicted molar refractivity (Wildman–Crippen MR) is 60.2 cm³/mol. The Kier molecular flexibility index (Phi) is 3.45. The van der Waals surface area contributed by atoms with Crippen LogP contribution in [0.15, 0.2) is 0 Å². The van der Waals surface area contributed by atoms with Crippen LogP contribution in [0, 0.1) is 11.8 Å². The van der Waals surface area contributed by atoms with Crippen molar-refractivity contribution in [3.05, 3.63) is 0 Å². The minimum atomic E-state index is 0.782. The largest absolute Gasteiger partial charge is 0.330 e. The van der Waals surface area contributed by atoms with E-state index in [9.17, 15) is 0 Å². The lowest BCUT2D eigenvalue weighted by Gasteiger charge is -2.36. The lowest BCUT2D eigenvalue weighted by molar-refractivity contribution is 0.134. The van der Waals surface area contributed by atoms with Crippen LogP contribution in [0.1, 0.15) is 39.0 Å². The summed E-state index contributed by atoms with van der Waals surface area (Å²) in [6.07, 6.45) is 7.09. The van der Waals surface area contributed by atoms with Gasteiger partial charge >= 0.3 is 0 Å². The molecule has 3 atom stereocenters. The first kappa shape index (κ1) is 10.4. The van der Waals surface area contributed by atoms with Crippen LogP contribution in [0.5, 0.6) is 0 Å². The van der Waals surface area contributed by atoms with Crippen LogP contribution in [0.3, 0.4) is 0 Å². The fraction of sp³-hybridized carbons (Fsp3) is 1.00. The van der Waals surface area contributed by atoms with E-state index in [1.165, 1.54) is 45.2 Å². The Bertz CT molecular complexity index is 181. The quantitative estimate of drug-likeness (QED) is 0.730. The zero-order valence-electron chi connectivity index (χ0n) is 9.41. The van der Waals surface area contributed by atoms with Gasteiger partial charge in [-0.3, -0.25) is 4.90 Å². The average molecular weight is 196 g/mol. The fourth-order valence-electron chi connectivity index (χ4n) is 3.20. The van der Waals surface area contributed by atoms with E-state index in [1.54, 1.807) is 0 Å².